The van der Waals surface area contributed by atoms with Crippen LogP contribution in [0.1, 0.15) is 16.7 Å². The van der Waals surface area contributed by atoms with E-state index in [0.717, 1.165) is 27.7 Å². The summed E-state index contributed by atoms with van der Waals surface area (Å²) >= 11 is 0. The standard InChI is InChI=1S/C20H21N3O3/c1-13-4-2-5-14(8-13)9-16(20(25)26)12-22-18(24)10-15-11-23-19-17(15)6-3-7-21-19/h2-8,11,16H,9-10,12H2,1H3,(H,21,23)(H,22,24)(H,25,26). The normalized spacial score (nSPS) is 12.0. The lowest BCUT2D eigenvalue weighted by Gasteiger charge is -2.14. The second-order valence-corrected chi connectivity index (χ2v) is 6.42. The molecule has 0 spiro atoms. The second kappa shape index (κ2) is 7.82. The highest BCUT2D eigenvalue weighted by molar-refractivity contribution is 5.87. The quantitative estimate of drug-likeness (QED) is 0.609. The first-order chi connectivity index (χ1) is 12.5. The van der Waals surface area contributed by atoms with Gasteiger partial charge in [0.1, 0.15) is 5.65 Å². The first-order valence-corrected chi connectivity index (χ1v) is 8.49. The third-order valence-electron chi connectivity index (χ3n) is 4.35. The molecular weight excluding hydrogens is 330 g/mol. The molecule has 0 fully saturated rings. The molecule has 0 aliphatic carbocycles. The van der Waals surface area contributed by atoms with Gasteiger partial charge in [-0.25, -0.2) is 4.98 Å². The minimum Gasteiger partial charge on any atom is -0.481 e. The lowest BCUT2D eigenvalue weighted by molar-refractivity contribution is -0.141. The number of carbonyl (C=O) groups excluding carboxylic acids is 1. The molecule has 6 heteroatoms. The Labute approximate surface area is 151 Å². The molecule has 134 valence electrons. The fraction of sp³-hybridized carbons (Fsp3) is 0.250. The number of hydrogen-bond acceptors (Lipinski definition) is 3. The number of aliphatic carboxylic acids is 1. The number of rotatable bonds is 7. The Balaban J connectivity index is 1.60. The fourth-order valence-corrected chi connectivity index (χ4v) is 3.00. The van der Waals surface area contributed by atoms with E-state index in [-0.39, 0.29) is 18.9 Å². The van der Waals surface area contributed by atoms with Gasteiger partial charge in [0.05, 0.1) is 12.3 Å². The summed E-state index contributed by atoms with van der Waals surface area (Å²) in [5.41, 5.74) is 3.62. The zero-order valence-electron chi connectivity index (χ0n) is 14.5. The van der Waals surface area contributed by atoms with Crippen molar-refractivity contribution in [2.24, 2.45) is 5.92 Å². The Morgan fingerprint density at radius 3 is 2.88 bits per heavy atom. The summed E-state index contributed by atoms with van der Waals surface area (Å²) in [6, 6.07) is 11.5. The first kappa shape index (κ1) is 17.7. The highest BCUT2D eigenvalue weighted by Gasteiger charge is 2.19. The number of nitrogens with one attached hydrogen (secondary N) is 2. The number of aromatic amines is 1. The summed E-state index contributed by atoms with van der Waals surface area (Å²) in [5.74, 6) is -1.78. The molecule has 26 heavy (non-hydrogen) atoms. The lowest BCUT2D eigenvalue weighted by atomic mass is 9.98. The van der Waals surface area contributed by atoms with Crippen molar-refractivity contribution >= 4 is 22.9 Å². The maximum Gasteiger partial charge on any atom is 0.308 e. The molecule has 3 aromatic rings. The summed E-state index contributed by atoms with van der Waals surface area (Å²) in [6.07, 6.45) is 4.01. The third kappa shape index (κ3) is 4.27. The molecule has 1 amide bonds. The number of pyridine rings is 1. The molecule has 0 saturated carbocycles. The maximum absolute atomic E-state index is 12.2. The molecule has 0 radical (unpaired) electrons. The van der Waals surface area contributed by atoms with Crippen LogP contribution in [0.5, 0.6) is 0 Å². The van der Waals surface area contributed by atoms with Crippen molar-refractivity contribution in [3.8, 4) is 0 Å². The van der Waals surface area contributed by atoms with Gasteiger partial charge in [-0.1, -0.05) is 29.8 Å². The van der Waals surface area contributed by atoms with Crippen molar-refractivity contribution < 1.29 is 14.7 Å². The van der Waals surface area contributed by atoms with E-state index in [2.05, 4.69) is 15.3 Å². The number of hydrogen-bond donors (Lipinski definition) is 3. The molecule has 2 heterocycles. The highest BCUT2D eigenvalue weighted by atomic mass is 16.4. The number of carbonyl (C=O) groups is 2. The molecule has 1 unspecified atom stereocenters. The molecule has 0 aliphatic heterocycles. The molecule has 0 saturated heterocycles. The van der Waals surface area contributed by atoms with Crippen molar-refractivity contribution in [2.45, 2.75) is 19.8 Å². The lowest BCUT2D eigenvalue weighted by Crippen LogP contribution is -2.34. The largest absolute Gasteiger partial charge is 0.481 e. The van der Waals surface area contributed by atoms with Crippen LogP contribution in [-0.2, 0) is 22.4 Å². The van der Waals surface area contributed by atoms with Crippen LogP contribution in [-0.4, -0.2) is 33.5 Å². The van der Waals surface area contributed by atoms with E-state index in [0.29, 0.717) is 6.42 Å². The van der Waals surface area contributed by atoms with Crippen molar-refractivity contribution in [3.05, 3.63) is 65.5 Å². The van der Waals surface area contributed by atoms with Crippen LogP contribution in [0.4, 0.5) is 0 Å². The van der Waals surface area contributed by atoms with Crippen molar-refractivity contribution in [3.63, 3.8) is 0 Å². The van der Waals surface area contributed by atoms with Crippen molar-refractivity contribution in [2.75, 3.05) is 6.54 Å². The predicted octanol–water partition coefficient (Wildman–Crippen LogP) is 2.47. The van der Waals surface area contributed by atoms with E-state index in [1.807, 2.05) is 43.3 Å². The molecular formula is C20H21N3O3. The van der Waals surface area contributed by atoms with Gasteiger partial charge in [-0.2, -0.15) is 0 Å². The van der Waals surface area contributed by atoms with Crippen LogP contribution in [0, 0.1) is 12.8 Å². The Bertz CT molecular complexity index is 933. The predicted molar refractivity (Wildman–Crippen MR) is 98.8 cm³/mol. The number of fused-ring (bicyclic) bond motifs is 1. The SMILES string of the molecule is Cc1cccc(CC(CNC(=O)Cc2c[nH]c3ncccc23)C(=O)O)c1. The van der Waals surface area contributed by atoms with Gasteiger partial charge in [-0.05, 0) is 36.6 Å². The number of nitrogens with zero attached hydrogens (tertiary/aromatic N) is 1. The number of carboxylic acids is 1. The monoisotopic (exact) mass is 351 g/mol. The van der Waals surface area contributed by atoms with E-state index < -0.39 is 11.9 Å². The molecule has 3 rings (SSSR count). The number of carboxylic acid groups (broad SMARTS) is 1. The molecule has 3 N–H and O–H groups in total. The van der Waals surface area contributed by atoms with E-state index in [4.69, 9.17) is 0 Å². The van der Waals surface area contributed by atoms with Gasteiger partial charge < -0.3 is 15.4 Å². The van der Waals surface area contributed by atoms with Gasteiger partial charge in [0.2, 0.25) is 5.91 Å². The average molecular weight is 351 g/mol. The maximum atomic E-state index is 12.2. The number of benzene rings is 1. The number of aromatic nitrogens is 2. The summed E-state index contributed by atoms with van der Waals surface area (Å²) in [7, 11) is 0. The number of H-pyrrole nitrogens is 1. The van der Waals surface area contributed by atoms with E-state index in [1.54, 1.807) is 12.4 Å². The van der Waals surface area contributed by atoms with Gasteiger partial charge in [0.15, 0.2) is 0 Å². The number of amides is 1. The van der Waals surface area contributed by atoms with E-state index in [1.165, 1.54) is 0 Å². The Hall–Kier alpha value is -3.15. The minimum atomic E-state index is -0.914. The first-order valence-electron chi connectivity index (χ1n) is 8.49. The van der Waals surface area contributed by atoms with Gasteiger partial charge in [-0.3, -0.25) is 9.59 Å². The van der Waals surface area contributed by atoms with Crippen LogP contribution >= 0.6 is 0 Å². The van der Waals surface area contributed by atoms with Crippen LogP contribution in [0.2, 0.25) is 0 Å². The topological polar surface area (TPSA) is 95.1 Å². The van der Waals surface area contributed by atoms with Crippen molar-refractivity contribution in [1.29, 1.82) is 0 Å². The Morgan fingerprint density at radius 2 is 2.12 bits per heavy atom. The molecule has 2 aromatic heterocycles. The fourth-order valence-electron chi connectivity index (χ4n) is 3.00. The number of aryl methyl sites for hydroxylation is 1. The minimum absolute atomic E-state index is 0.0999. The van der Waals surface area contributed by atoms with Gasteiger partial charge >= 0.3 is 5.97 Å². The molecule has 1 aromatic carbocycles. The van der Waals surface area contributed by atoms with Crippen molar-refractivity contribution in [1.82, 2.24) is 15.3 Å². The third-order valence-corrected chi connectivity index (χ3v) is 4.35. The van der Waals surface area contributed by atoms with Gasteiger partial charge in [0, 0.05) is 24.3 Å². The highest BCUT2D eigenvalue weighted by Crippen LogP contribution is 2.16. The average Bonchev–Trinajstić information content (AvgIpc) is 3.01. The molecule has 1 atom stereocenters. The van der Waals surface area contributed by atoms with Crippen LogP contribution in [0.15, 0.2) is 48.8 Å². The summed E-state index contributed by atoms with van der Waals surface area (Å²) in [5, 5.41) is 13.1. The van der Waals surface area contributed by atoms with E-state index in [9.17, 15) is 14.7 Å². The Morgan fingerprint density at radius 1 is 1.27 bits per heavy atom. The zero-order chi connectivity index (χ0) is 18.5. The van der Waals surface area contributed by atoms with E-state index >= 15 is 0 Å². The summed E-state index contributed by atoms with van der Waals surface area (Å²) in [6.45, 7) is 2.07. The smallest absolute Gasteiger partial charge is 0.308 e. The Kier molecular flexibility index (Phi) is 5.31. The van der Waals surface area contributed by atoms with Gasteiger partial charge in [-0.15, -0.1) is 0 Å². The van der Waals surface area contributed by atoms with Crippen LogP contribution in [0.3, 0.4) is 0 Å². The van der Waals surface area contributed by atoms with Gasteiger partial charge in [0.25, 0.3) is 0 Å². The van der Waals surface area contributed by atoms with Crippen LogP contribution in [0.25, 0.3) is 11.0 Å². The molecule has 6 nitrogen and oxygen atoms in total. The zero-order valence-corrected chi connectivity index (χ0v) is 14.5. The summed E-state index contributed by atoms with van der Waals surface area (Å²) < 4.78 is 0. The molecule has 0 bridgehead atoms. The van der Waals surface area contributed by atoms with Crippen LogP contribution < -0.4 is 5.32 Å². The summed E-state index contributed by atoms with van der Waals surface area (Å²) in [4.78, 5) is 31.0. The molecule has 0 aliphatic rings. The second-order valence-electron chi connectivity index (χ2n) is 6.42.